The first-order valence-corrected chi connectivity index (χ1v) is 10.1. The molecule has 0 fully saturated rings. The standard InChI is InChI=1S/C25H25N3O3/c1-3-23(29)26-20-13-9-12-19(16-20)24(30)27-22-15-8-7-14-21(22)25(31)28(2)17-18-10-5-4-6-11-18/h4-16H,3,17H2,1-2H3,(H,26,29)(H,27,30). The Balaban J connectivity index is 1.76. The monoisotopic (exact) mass is 415 g/mol. The molecule has 6 heteroatoms. The zero-order valence-corrected chi connectivity index (χ0v) is 17.6. The Morgan fingerprint density at radius 3 is 2.29 bits per heavy atom. The van der Waals surface area contributed by atoms with E-state index in [0.717, 1.165) is 5.56 Å². The van der Waals surface area contributed by atoms with Gasteiger partial charge in [-0.3, -0.25) is 14.4 Å². The lowest BCUT2D eigenvalue weighted by atomic mass is 10.1. The maximum Gasteiger partial charge on any atom is 0.256 e. The van der Waals surface area contributed by atoms with Gasteiger partial charge in [0.2, 0.25) is 5.91 Å². The zero-order valence-electron chi connectivity index (χ0n) is 17.6. The van der Waals surface area contributed by atoms with E-state index >= 15 is 0 Å². The van der Waals surface area contributed by atoms with E-state index in [1.165, 1.54) is 0 Å². The second-order valence-corrected chi connectivity index (χ2v) is 7.13. The van der Waals surface area contributed by atoms with Crippen LogP contribution < -0.4 is 10.6 Å². The van der Waals surface area contributed by atoms with Crippen molar-refractivity contribution in [2.24, 2.45) is 0 Å². The van der Waals surface area contributed by atoms with E-state index in [0.29, 0.717) is 35.5 Å². The summed E-state index contributed by atoms with van der Waals surface area (Å²) in [5.74, 6) is -0.683. The average Bonchev–Trinajstić information content (AvgIpc) is 2.79. The van der Waals surface area contributed by atoms with Crippen molar-refractivity contribution in [2.45, 2.75) is 19.9 Å². The molecule has 0 atom stereocenters. The van der Waals surface area contributed by atoms with E-state index in [1.807, 2.05) is 30.3 Å². The Labute approximate surface area is 181 Å². The van der Waals surface area contributed by atoms with E-state index in [1.54, 1.807) is 67.4 Å². The molecule has 0 saturated heterocycles. The van der Waals surface area contributed by atoms with E-state index in [-0.39, 0.29) is 17.7 Å². The highest BCUT2D eigenvalue weighted by molar-refractivity contribution is 6.09. The van der Waals surface area contributed by atoms with Crippen LogP contribution in [0.4, 0.5) is 11.4 Å². The summed E-state index contributed by atoms with van der Waals surface area (Å²) in [6, 6.07) is 23.3. The molecule has 31 heavy (non-hydrogen) atoms. The minimum atomic E-state index is -0.362. The van der Waals surface area contributed by atoms with Gasteiger partial charge in [0.25, 0.3) is 11.8 Å². The molecule has 3 rings (SSSR count). The van der Waals surface area contributed by atoms with E-state index < -0.39 is 0 Å². The summed E-state index contributed by atoms with van der Waals surface area (Å²) in [5, 5.41) is 5.56. The number of nitrogens with zero attached hydrogens (tertiary/aromatic N) is 1. The fourth-order valence-corrected chi connectivity index (χ4v) is 3.10. The van der Waals surface area contributed by atoms with Gasteiger partial charge in [-0.1, -0.05) is 55.5 Å². The molecule has 0 heterocycles. The SMILES string of the molecule is CCC(=O)Nc1cccc(C(=O)Nc2ccccc2C(=O)N(C)Cc2ccccc2)c1. The number of anilines is 2. The van der Waals surface area contributed by atoms with Crippen molar-refractivity contribution in [3.05, 3.63) is 95.6 Å². The van der Waals surface area contributed by atoms with Crippen molar-refractivity contribution in [3.63, 3.8) is 0 Å². The topological polar surface area (TPSA) is 78.5 Å². The van der Waals surface area contributed by atoms with Crippen LogP contribution in [0.5, 0.6) is 0 Å². The van der Waals surface area contributed by atoms with Crippen molar-refractivity contribution < 1.29 is 14.4 Å². The molecule has 158 valence electrons. The van der Waals surface area contributed by atoms with Gasteiger partial charge in [-0.25, -0.2) is 0 Å². The number of rotatable bonds is 7. The normalized spacial score (nSPS) is 10.3. The van der Waals surface area contributed by atoms with E-state index in [2.05, 4.69) is 10.6 Å². The number of para-hydroxylation sites is 1. The first-order chi connectivity index (χ1) is 15.0. The third-order valence-electron chi connectivity index (χ3n) is 4.74. The average molecular weight is 415 g/mol. The van der Waals surface area contributed by atoms with Crippen molar-refractivity contribution in [1.82, 2.24) is 4.90 Å². The van der Waals surface area contributed by atoms with Crippen LogP contribution in [0.1, 0.15) is 39.6 Å². The molecular formula is C25H25N3O3. The quantitative estimate of drug-likeness (QED) is 0.594. The van der Waals surface area contributed by atoms with Crippen LogP contribution in [0.2, 0.25) is 0 Å². The molecule has 0 aliphatic heterocycles. The number of benzene rings is 3. The fraction of sp³-hybridized carbons (Fsp3) is 0.160. The number of carbonyl (C=O) groups is 3. The molecule has 3 amide bonds. The van der Waals surface area contributed by atoms with Gasteiger partial charge in [0.05, 0.1) is 11.3 Å². The summed E-state index contributed by atoms with van der Waals surface area (Å²) in [6.45, 7) is 2.22. The highest BCUT2D eigenvalue weighted by Gasteiger charge is 2.18. The van der Waals surface area contributed by atoms with Crippen molar-refractivity contribution in [1.29, 1.82) is 0 Å². The number of hydrogen-bond donors (Lipinski definition) is 2. The highest BCUT2D eigenvalue weighted by Crippen LogP contribution is 2.20. The lowest BCUT2D eigenvalue weighted by Gasteiger charge is -2.19. The Hall–Kier alpha value is -3.93. The van der Waals surface area contributed by atoms with Crippen LogP contribution in [0.25, 0.3) is 0 Å². The molecular weight excluding hydrogens is 390 g/mol. The van der Waals surface area contributed by atoms with Crippen LogP contribution in [-0.2, 0) is 11.3 Å². The molecule has 0 bridgehead atoms. The lowest BCUT2D eigenvalue weighted by Crippen LogP contribution is -2.27. The third kappa shape index (κ3) is 5.79. The van der Waals surface area contributed by atoms with Crippen LogP contribution in [-0.4, -0.2) is 29.7 Å². The minimum absolute atomic E-state index is 0.130. The Morgan fingerprint density at radius 1 is 0.839 bits per heavy atom. The zero-order chi connectivity index (χ0) is 22.2. The molecule has 0 aromatic heterocycles. The fourth-order valence-electron chi connectivity index (χ4n) is 3.10. The molecule has 2 N–H and O–H groups in total. The van der Waals surface area contributed by atoms with E-state index in [9.17, 15) is 14.4 Å². The Bertz CT molecular complexity index is 1080. The van der Waals surface area contributed by atoms with Gasteiger partial charge in [0.1, 0.15) is 0 Å². The van der Waals surface area contributed by atoms with Gasteiger partial charge >= 0.3 is 0 Å². The largest absolute Gasteiger partial charge is 0.337 e. The van der Waals surface area contributed by atoms with Crippen LogP contribution in [0.3, 0.4) is 0 Å². The Kier molecular flexibility index (Phi) is 7.17. The van der Waals surface area contributed by atoms with Crippen LogP contribution in [0.15, 0.2) is 78.9 Å². The number of carbonyl (C=O) groups excluding carboxylic acids is 3. The first-order valence-electron chi connectivity index (χ1n) is 10.1. The van der Waals surface area contributed by atoms with Gasteiger partial charge in [0, 0.05) is 31.3 Å². The number of amides is 3. The third-order valence-corrected chi connectivity index (χ3v) is 4.74. The number of hydrogen-bond acceptors (Lipinski definition) is 3. The summed E-state index contributed by atoms with van der Waals surface area (Å²) in [4.78, 5) is 39.1. The van der Waals surface area contributed by atoms with Gasteiger partial charge in [0.15, 0.2) is 0 Å². The predicted octanol–water partition coefficient (Wildman–Crippen LogP) is 4.56. The second-order valence-electron chi connectivity index (χ2n) is 7.13. The van der Waals surface area contributed by atoms with Crippen LogP contribution in [0, 0.1) is 0 Å². The molecule has 0 saturated carbocycles. The first kappa shape index (κ1) is 21.8. The summed E-state index contributed by atoms with van der Waals surface area (Å²) in [7, 11) is 1.73. The summed E-state index contributed by atoms with van der Waals surface area (Å²) in [6.07, 6.45) is 0.350. The van der Waals surface area contributed by atoms with Gasteiger partial charge in [-0.2, -0.15) is 0 Å². The van der Waals surface area contributed by atoms with Gasteiger partial charge in [-0.05, 0) is 35.9 Å². The molecule has 0 aliphatic carbocycles. The lowest BCUT2D eigenvalue weighted by molar-refractivity contribution is -0.115. The molecule has 0 unspecified atom stereocenters. The molecule has 0 aliphatic rings. The highest BCUT2D eigenvalue weighted by atomic mass is 16.2. The van der Waals surface area contributed by atoms with Crippen LogP contribution >= 0.6 is 0 Å². The predicted molar refractivity (Wildman–Crippen MR) is 122 cm³/mol. The maximum absolute atomic E-state index is 13.0. The minimum Gasteiger partial charge on any atom is -0.337 e. The molecule has 0 spiro atoms. The summed E-state index contributed by atoms with van der Waals surface area (Å²) < 4.78 is 0. The van der Waals surface area contributed by atoms with Crippen molar-refractivity contribution in [2.75, 3.05) is 17.7 Å². The van der Waals surface area contributed by atoms with Crippen molar-refractivity contribution >= 4 is 29.1 Å². The van der Waals surface area contributed by atoms with Gasteiger partial charge in [-0.15, -0.1) is 0 Å². The van der Waals surface area contributed by atoms with Gasteiger partial charge < -0.3 is 15.5 Å². The summed E-state index contributed by atoms with van der Waals surface area (Å²) in [5.41, 5.74) is 2.79. The molecule has 6 nitrogen and oxygen atoms in total. The molecule has 3 aromatic carbocycles. The smallest absolute Gasteiger partial charge is 0.256 e. The molecule has 0 radical (unpaired) electrons. The molecule has 3 aromatic rings. The van der Waals surface area contributed by atoms with E-state index in [4.69, 9.17) is 0 Å². The van der Waals surface area contributed by atoms with Crippen molar-refractivity contribution in [3.8, 4) is 0 Å². The second kappa shape index (κ2) is 10.2. The maximum atomic E-state index is 13.0. The summed E-state index contributed by atoms with van der Waals surface area (Å²) >= 11 is 0. The number of nitrogens with one attached hydrogen (secondary N) is 2. The Morgan fingerprint density at radius 2 is 1.55 bits per heavy atom.